The predicted octanol–water partition coefficient (Wildman–Crippen LogP) is 1.72. The van der Waals surface area contributed by atoms with Crippen LogP contribution < -0.4 is 0 Å². The van der Waals surface area contributed by atoms with Gasteiger partial charge in [0.1, 0.15) is 0 Å². The second-order valence-corrected chi connectivity index (χ2v) is 2.90. The summed E-state index contributed by atoms with van der Waals surface area (Å²) in [4.78, 5) is 3.03. The molecule has 0 unspecified atom stereocenters. The number of hydrogen-bond donors (Lipinski definition) is 1. The van der Waals surface area contributed by atoms with Crippen molar-refractivity contribution in [3.8, 4) is 11.1 Å². The topological polar surface area (TPSA) is 33.6 Å². The number of nitrogens with zero attached hydrogens (tertiary/aromatic N) is 2. The number of hydrogen-bond acceptors (Lipinski definition) is 1. The second-order valence-electron chi connectivity index (χ2n) is 2.90. The maximum atomic E-state index is 4.27. The van der Waals surface area contributed by atoms with E-state index in [1.54, 1.807) is 0 Å². The minimum absolute atomic E-state index is 1.07. The third-order valence-corrected chi connectivity index (χ3v) is 1.92. The van der Waals surface area contributed by atoms with E-state index >= 15 is 0 Å². The summed E-state index contributed by atoms with van der Waals surface area (Å²) < 4.78 is 1.83. The summed E-state index contributed by atoms with van der Waals surface area (Å²) >= 11 is 0. The third-order valence-electron chi connectivity index (χ3n) is 1.92. The van der Waals surface area contributed by atoms with Gasteiger partial charge in [0.15, 0.2) is 0 Å². The Morgan fingerprint density at radius 3 is 2.83 bits per heavy atom. The summed E-state index contributed by atoms with van der Waals surface area (Å²) in [5, 5.41) is 4.27. The van der Waals surface area contributed by atoms with Gasteiger partial charge in [-0.15, -0.1) is 0 Å². The molecule has 0 radical (unpaired) electrons. The smallest absolute Gasteiger partial charge is 0.0672 e. The van der Waals surface area contributed by atoms with Crippen LogP contribution in [0.5, 0.6) is 0 Å². The van der Waals surface area contributed by atoms with Crippen molar-refractivity contribution in [3.63, 3.8) is 0 Å². The molecule has 0 amide bonds. The molecule has 0 aliphatic rings. The molecule has 1 N–H and O–H groups in total. The van der Waals surface area contributed by atoms with E-state index < -0.39 is 0 Å². The summed E-state index contributed by atoms with van der Waals surface area (Å²) in [6, 6.07) is 2.05. The number of aryl methyl sites for hydroxylation is 2. The van der Waals surface area contributed by atoms with Gasteiger partial charge in [0, 0.05) is 36.8 Å². The molecule has 0 atom stereocenters. The number of H-pyrrole nitrogens is 1. The zero-order chi connectivity index (χ0) is 8.55. The van der Waals surface area contributed by atoms with Crippen LogP contribution >= 0.6 is 0 Å². The number of aromatic nitrogens is 3. The van der Waals surface area contributed by atoms with Crippen LogP contribution in [0.1, 0.15) is 5.69 Å². The van der Waals surface area contributed by atoms with Crippen LogP contribution in [0, 0.1) is 6.92 Å². The van der Waals surface area contributed by atoms with E-state index in [1.807, 2.05) is 43.3 Å². The van der Waals surface area contributed by atoms with E-state index in [1.165, 1.54) is 11.1 Å². The summed E-state index contributed by atoms with van der Waals surface area (Å²) in [5.74, 6) is 0. The average Bonchev–Trinajstić information content (AvgIpc) is 2.58. The number of nitrogens with one attached hydrogen (secondary N) is 1. The number of aromatic amines is 1. The molecule has 0 saturated carbocycles. The molecule has 2 rings (SSSR count). The Balaban J connectivity index is 2.54. The lowest BCUT2D eigenvalue weighted by Crippen LogP contribution is -1.86. The standard InChI is InChI=1S/C9H11N3/c1-7-9(6-12(2)11-7)8-3-4-10-5-8/h3-6,10H,1-2H3. The quantitative estimate of drug-likeness (QED) is 0.678. The highest BCUT2D eigenvalue weighted by atomic mass is 15.2. The van der Waals surface area contributed by atoms with E-state index in [4.69, 9.17) is 0 Å². The summed E-state index contributed by atoms with van der Waals surface area (Å²) in [6.45, 7) is 2.02. The maximum absolute atomic E-state index is 4.27. The van der Waals surface area contributed by atoms with Gasteiger partial charge >= 0.3 is 0 Å². The molecule has 0 aliphatic carbocycles. The van der Waals surface area contributed by atoms with E-state index in [0.717, 1.165) is 5.69 Å². The maximum Gasteiger partial charge on any atom is 0.0672 e. The SMILES string of the molecule is Cc1nn(C)cc1-c1cc[nH]c1. The van der Waals surface area contributed by atoms with Gasteiger partial charge in [0.05, 0.1) is 5.69 Å². The third kappa shape index (κ3) is 1.03. The highest BCUT2D eigenvalue weighted by molar-refractivity contribution is 5.64. The van der Waals surface area contributed by atoms with Gasteiger partial charge in [0.2, 0.25) is 0 Å². The minimum atomic E-state index is 1.07. The lowest BCUT2D eigenvalue weighted by Gasteiger charge is -1.90. The molecule has 3 heteroatoms. The summed E-state index contributed by atoms with van der Waals surface area (Å²) in [6.07, 6.45) is 5.92. The minimum Gasteiger partial charge on any atom is -0.367 e. The van der Waals surface area contributed by atoms with Crippen LogP contribution in [-0.4, -0.2) is 14.8 Å². The monoisotopic (exact) mass is 161 g/mol. The lowest BCUT2D eigenvalue weighted by atomic mass is 10.1. The van der Waals surface area contributed by atoms with Crippen molar-refractivity contribution >= 4 is 0 Å². The largest absolute Gasteiger partial charge is 0.367 e. The Morgan fingerprint density at radius 2 is 2.33 bits per heavy atom. The Bertz CT molecular complexity index is 370. The molecule has 2 aromatic heterocycles. The van der Waals surface area contributed by atoms with Gasteiger partial charge in [-0.05, 0) is 13.0 Å². The molecule has 2 heterocycles. The van der Waals surface area contributed by atoms with Gasteiger partial charge in [0.25, 0.3) is 0 Å². The Labute approximate surface area is 71.0 Å². The van der Waals surface area contributed by atoms with E-state index in [2.05, 4.69) is 10.1 Å². The Morgan fingerprint density at radius 1 is 1.50 bits per heavy atom. The Kier molecular flexibility index (Phi) is 1.50. The van der Waals surface area contributed by atoms with Crippen molar-refractivity contribution in [1.82, 2.24) is 14.8 Å². The molecule has 2 aromatic rings. The van der Waals surface area contributed by atoms with Crippen LogP contribution in [-0.2, 0) is 7.05 Å². The molecule has 0 saturated heterocycles. The van der Waals surface area contributed by atoms with Crippen molar-refractivity contribution < 1.29 is 0 Å². The fourth-order valence-electron chi connectivity index (χ4n) is 1.37. The average molecular weight is 161 g/mol. The van der Waals surface area contributed by atoms with Crippen LogP contribution in [0.25, 0.3) is 11.1 Å². The van der Waals surface area contributed by atoms with Gasteiger partial charge in [-0.1, -0.05) is 0 Å². The van der Waals surface area contributed by atoms with Crippen molar-refractivity contribution in [2.24, 2.45) is 7.05 Å². The molecule has 3 nitrogen and oxygen atoms in total. The van der Waals surface area contributed by atoms with E-state index in [9.17, 15) is 0 Å². The molecule has 0 fully saturated rings. The lowest BCUT2D eigenvalue weighted by molar-refractivity contribution is 0.756. The first-order valence-electron chi connectivity index (χ1n) is 3.91. The van der Waals surface area contributed by atoms with Gasteiger partial charge in [-0.25, -0.2) is 0 Å². The normalized spacial score (nSPS) is 10.5. The first kappa shape index (κ1) is 7.16. The molecule has 12 heavy (non-hydrogen) atoms. The van der Waals surface area contributed by atoms with Gasteiger partial charge < -0.3 is 4.98 Å². The van der Waals surface area contributed by atoms with Crippen molar-refractivity contribution in [2.45, 2.75) is 6.92 Å². The predicted molar refractivity (Wildman–Crippen MR) is 47.7 cm³/mol. The number of rotatable bonds is 1. The van der Waals surface area contributed by atoms with Gasteiger partial charge in [-0.3, -0.25) is 4.68 Å². The van der Waals surface area contributed by atoms with Gasteiger partial charge in [-0.2, -0.15) is 5.10 Å². The zero-order valence-electron chi connectivity index (χ0n) is 7.20. The van der Waals surface area contributed by atoms with Crippen LogP contribution in [0.15, 0.2) is 24.7 Å². The summed E-state index contributed by atoms with van der Waals surface area (Å²) in [5.41, 5.74) is 3.46. The van der Waals surface area contributed by atoms with E-state index in [0.29, 0.717) is 0 Å². The highest BCUT2D eigenvalue weighted by Crippen LogP contribution is 2.20. The molecular weight excluding hydrogens is 150 g/mol. The summed E-state index contributed by atoms with van der Waals surface area (Å²) in [7, 11) is 1.93. The fraction of sp³-hybridized carbons (Fsp3) is 0.222. The van der Waals surface area contributed by atoms with Crippen molar-refractivity contribution in [2.75, 3.05) is 0 Å². The molecule has 62 valence electrons. The molecule has 0 bridgehead atoms. The van der Waals surface area contributed by atoms with Crippen LogP contribution in [0.2, 0.25) is 0 Å². The molecule has 0 aromatic carbocycles. The zero-order valence-corrected chi connectivity index (χ0v) is 7.20. The highest BCUT2D eigenvalue weighted by Gasteiger charge is 2.04. The molecule has 0 aliphatic heterocycles. The van der Waals surface area contributed by atoms with Crippen LogP contribution in [0.4, 0.5) is 0 Å². The van der Waals surface area contributed by atoms with Crippen molar-refractivity contribution in [3.05, 3.63) is 30.4 Å². The fourth-order valence-corrected chi connectivity index (χ4v) is 1.37. The first-order chi connectivity index (χ1) is 5.77. The Hall–Kier alpha value is -1.51. The first-order valence-corrected chi connectivity index (χ1v) is 3.91. The van der Waals surface area contributed by atoms with Crippen LogP contribution in [0.3, 0.4) is 0 Å². The second kappa shape index (κ2) is 2.52. The van der Waals surface area contributed by atoms with E-state index in [-0.39, 0.29) is 0 Å². The molecular formula is C9H11N3. The van der Waals surface area contributed by atoms with Crippen molar-refractivity contribution in [1.29, 1.82) is 0 Å². The molecule has 0 spiro atoms.